The first-order valence-electron chi connectivity index (χ1n) is 16.5. The Labute approximate surface area is 285 Å². The van der Waals surface area contributed by atoms with Crippen LogP contribution in [0.25, 0.3) is 21.9 Å². The third kappa shape index (κ3) is 5.53. The summed E-state index contributed by atoms with van der Waals surface area (Å²) in [6, 6.07) is 77.8. The van der Waals surface area contributed by atoms with Crippen LogP contribution in [0.1, 0.15) is 0 Å². The molecule has 0 aliphatic rings. The fourth-order valence-electron chi connectivity index (χ4n) is 7.12. The number of para-hydroxylation sites is 1. The molecule has 0 saturated heterocycles. The molecule has 1 nitrogen and oxygen atoms in total. The summed E-state index contributed by atoms with van der Waals surface area (Å²) in [6.45, 7) is 0. The number of hydrogen-bond acceptors (Lipinski definition) is 1. The van der Waals surface area contributed by atoms with Crippen molar-refractivity contribution in [1.29, 1.82) is 0 Å². The zero-order valence-corrected chi connectivity index (χ0v) is 28.8. The van der Waals surface area contributed by atoms with Crippen LogP contribution in [0.3, 0.4) is 0 Å². The molecule has 0 atom stereocenters. The summed E-state index contributed by atoms with van der Waals surface area (Å²) >= 11 is -3.28. The molecule has 0 saturated carbocycles. The second kappa shape index (κ2) is 13.2. The van der Waals surface area contributed by atoms with Crippen molar-refractivity contribution in [2.45, 2.75) is 0 Å². The van der Waals surface area contributed by atoms with Crippen LogP contribution >= 0.6 is 0 Å². The average molecular weight is 674 g/mol. The Bertz CT molecular complexity index is 2150. The van der Waals surface area contributed by atoms with Gasteiger partial charge in [0.05, 0.1) is 0 Å². The molecule has 0 amide bonds. The SMILES string of the molecule is c1ccc(N(c2ccc(-c3cc[c]([Ge]([c]4ccccc4)([c]4ccccc4)[c]4ccccc4)cc3)cc2)c2ccc3ccccc3c2)cc1. The van der Waals surface area contributed by atoms with E-state index in [1.807, 2.05) is 0 Å². The number of nitrogens with zero attached hydrogens (tertiary/aromatic N) is 1. The predicted molar refractivity (Wildman–Crippen MR) is 208 cm³/mol. The van der Waals surface area contributed by atoms with Gasteiger partial charge in [0.2, 0.25) is 0 Å². The van der Waals surface area contributed by atoms with E-state index in [0.717, 1.165) is 17.1 Å². The van der Waals surface area contributed by atoms with Gasteiger partial charge in [0, 0.05) is 0 Å². The Kier molecular flexibility index (Phi) is 8.20. The van der Waals surface area contributed by atoms with E-state index in [1.165, 1.54) is 39.5 Å². The van der Waals surface area contributed by atoms with Crippen molar-refractivity contribution in [3.05, 3.63) is 212 Å². The van der Waals surface area contributed by atoms with E-state index in [9.17, 15) is 0 Å². The van der Waals surface area contributed by atoms with Gasteiger partial charge in [0.15, 0.2) is 0 Å². The second-order valence-electron chi connectivity index (χ2n) is 12.2. The summed E-state index contributed by atoms with van der Waals surface area (Å²) in [5.41, 5.74) is 5.82. The fourth-order valence-corrected chi connectivity index (χ4v) is 17.1. The number of rotatable bonds is 8. The van der Waals surface area contributed by atoms with Gasteiger partial charge in [-0.1, -0.05) is 30.3 Å². The molecule has 0 N–H and O–H groups in total. The quantitative estimate of drug-likeness (QED) is 0.145. The molecule has 8 aromatic rings. The van der Waals surface area contributed by atoms with Crippen molar-refractivity contribution in [3.63, 3.8) is 0 Å². The molecule has 0 bridgehead atoms. The van der Waals surface area contributed by atoms with E-state index >= 15 is 0 Å². The van der Waals surface area contributed by atoms with Crippen molar-refractivity contribution >= 4 is 58.7 Å². The zero-order valence-electron chi connectivity index (χ0n) is 26.7. The average Bonchev–Trinajstić information content (AvgIpc) is 3.18. The first kappa shape index (κ1) is 29.7. The topological polar surface area (TPSA) is 3.24 Å². The summed E-state index contributed by atoms with van der Waals surface area (Å²) in [7, 11) is 0. The molecule has 8 rings (SSSR count). The summed E-state index contributed by atoms with van der Waals surface area (Å²) in [5.74, 6) is 0. The van der Waals surface area contributed by atoms with Crippen molar-refractivity contribution in [1.82, 2.24) is 0 Å². The fraction of sp³-hybridized carbons (Fsp3) is 0. The zero-order chi connectivity index (χ0) is 32.2. The Hall–Kier alpha value is -5.64. The third-order valence-corrected chi connectivity index (χ3v) is 19.5. The van der Waals surface area contributed by atoms with E-state index < -0.39 is 13.3 Å². The number of hydrogen-bond donors (Lipinski definition) is 0. The number of anilines is 3. The van der Waals surface area contributed by atoms with Crippen LogP contribution < -0.4 is 22.5 Å². The van der Waals surface area contributed by atoms with E-state index in [4.69, 9.17) is 0 Å². The monoisotopic (exact) mass is 675 g/mol. The molecular formula is C46H35GeN. The molecule has 0 unspecified atom stereocenters. The number of fused-ring (bicyclic) bond motifs is 1. The van der Waals surface area contributed by atoms with E-state index in [0.29, 0.717) is 0 Å². The molecule has 0 aliphatic heterocycles. The van der Waals surface area contributed by atoms with Gasteiger partial charge in [-0.2, -0.15) is 0 Å². The summed E-state index contributed by atoms with van der Waals surface area (Å²) in [5, 5.41) is 2.48. The Morgan fingerprint density at radius 3 is 1.17 bits per heavy atom. The van der Waals surface area contributed by atoms with E-state index in [1.54, 1.807) is 0 Å². The maximum absolute atomic E-state index is 3.28. The molecule has 0 radical (unpaired) electrons. The molecule has 48 heavy (non-hydrogen) atoms. The Morgan fingerprint density at radius 2 is 0.646 bits per heavy atom. The molecule has 0 heterocycles. The molecule has 0 aliphatic carbocycles. The predicted octanol–water partition coefficient (Wildman–Crippen LogP) is 9.35. The summed E-state index contributed by atoms with van der Waals surface area (Å²) in [6.07, 6.45) is 0. The van der Waals surface area contributed by atoms with Crippen LogP contribution in [0.5, 0.6) is 0 Å². The van der Waals surface area contributed by atoms with E-state index in [2.05, 4.69) is 217 Å². The first-order valence-corrected chi connectivity index (χ1v) is 20.7. The molecule has 2 heteroatoms. The van der Waals surface area contributed by atoms with Gasteiger partial charge in [0.25, 0.3) is 0 Å². The second-order valence-corrected chi connectivity index (χ2v) is 20.2. The molecule has 228 valence electrons. The van der Waals surface area contributed by atoms with Gasteiger partial charge in [-0.05, 0) is 5.39 Å². The molecule has 8 aromatic carbocycles. The van der Waals surface area contributed by atoms with Crippen molar-refractivity contribution in [2.24, 2.45) is 0 Å². The molecule has 0 aromatic heterocycles. The Morgan fingerprint density at radius 1 is 0.271 bits per heavy atom. The van der Waals surface area contributed by atoms with Gasteiger partial charge in [0.1, 0.15) is 0 Å². The van der Waals surface area contributed by atoms with Crippen LogP contribution in [-0.4, -0.2) is 13.3 Å². The van der Waals surface area contributed by atoms with Gasteiger partial charge >= 0.3 is 251 Å². The van der Waals surface area contributed by atoms with Crippen LogP contribution in [0.2, 0.25) is 0 Å². The van der Waals surface area contributed by atoms with Crippen molar-refractivity contribution in [3.8, 4) is 11.1 Å². The third-order valence-electron chi connectivity index (χ3n) is 9.40. The standard InChI is InChI=1S/C46H35GeN/c1-5-17-40(18-6-1)47(41-19-7-2-8-20-41,42-21-9-3-10-22-42)43-30-25-37(26-31-43)38-27-32-45(33-28-38)48(44-23-11-4-12-24-44)46-34-29-36-15-13-14-16-39(36)35-46/h1-35H. The van der Waals surface area contributed by atoms with Gasteiger partial charge < -0.3 is 0 Å². The van der Waals surface area contributed by atoms with E-state index in [-0.39, 0.29) is 0 Å². The molecule has 0 spiro atoms. The maximum atomic E-state index is 2.39. The van der Waals surface area contributed by atoms with Gasteiger partial charge in [-0.3, -0.25) is 0 Å². The van der Waals surface area contributed by atoms with Crippen LogP contribution in [0.15, 0.2) is 212 Å². The first-order chi connectivity index (χ1) is 23.8. The van der Waals surface area contributed by atoms with Gasteiger partial charge in [-0.25, -0.2) is 0 Å². The van der Waals surface area contributed by atoms with Crippen molar-refractivity contribution in [2.75, 3.05) is 4.90 Å². The van der Waals surface area contributed by atoms with Crippen LogP contribution in [-0.2, 0) is 0 Å². The minimum atomic E-state index is -3.28. The summed E-state index contributed by atoms with van der Waals surface area (Å²) < 4.78 is 5.72. The van der Waals surface area contributed by atoms with Gasteiger partial charge in [-0.15, -0.1) is 0 Å². The van der Waals surface area contributed by atoms with Crippen molar-refractivity contribution < 1.29 is 0 Å². The van der Waals surface area contributed by atoms with Crippen LogP contribution in [0, 0.1) is 0 Å². The molecular weight excluding hydrogens is 639 g/mol. The normalized spacial score (nSPS) is 11.3. The minimum absolute atomic E-state index is 1.13. The Balaban J connectivity index is 1.19. The summed E-state index contributed by atoms with van der Waals surface area (Å²) in [4.78, 5) is 2.33. The van der Waals surface area contributed by atoms with Crippen LogP contribution in [0.4, 0.5) is 17.1 Å². The number of benzene rings is 8. The molecule has 0 fully saturated rings.